The molecule has 4 amide bonds. The molecular weight excluding hydrogens is 632 g/mol. The van der Waals surface area contributed by atoms with Gasteiger partial charge in [-0.05, 0) is 49.2 Å². The number of urea groups is 2. The van der Waals surface area contributed by atoms with Crippen molar-refractivity contribution >= 4 is 34.8 Å². The van der Waals surface area contributed by atoms with E-state index in [2.05, 4.69) is 35.1 Å². The highest BCUT2D eigenvalue weighted by molar-refractivity contribution is 5.89. The van der Waals surface area contributed by atoms with Gasteiger partial charge in [-0.15, -0.1) is 0 Å². The van der Waals surface area contributed by atoms with Gasteiger partial charge in [-0.25, -0.2) is 9.59 Å². The van der Waals surface area contributed by atoms with Crippen molar-refractivity contribution in [3.8, 4) is 0 Å². The average Bonchev–Trinajstić information content (AvgIpc) is 3.12. The molecule has 0 aliphatic rings. The predicted octanol–water partition coefficient (Wildman–Crippen LogP) is 10.6. The maximum atomic E-state index is 11.7. The largest absolute Gasteiger partial charge is 0.400 e. The smallest absolute Gasteiger partial charge is 0.319 e. The van der Waals surface area contributed by atoms with E-state index < -0.39 is 4.92 Å². The van der Waals surface area contributed by atoms with E-state index in [0.717, 1.165) is 38.6 Å². The summed E-state index contributed by atoms with van der Waals surface area (Å²) < 4.78 is 0. The fourth-order valence-corrected chi connectivity index (χ4v) is 5.21. The minimum absolute atomic E-state index is 0.0105. The fraction of sp³-hybridized carbons (Fsp3) is 0.641. The Morgan fingerprint density at radius 1 is 0.560 bits per heavy atom. The number of nitrogens with one attached hydrogen (secondary N) is 4. The molecule has 0 unspecified atom stereocenters. The molecule has 0 saturated carbocycles. The number of amides is 4. The molecule has 2 aromatic rings. The minimum Gasteiger partial charge on any atom is -0.400 e. The summed E-state index contributed by atoms with van der Waals surface area (Å²) in [5.41, 5.74) is 7.62. The number of nitrogens with zero attached hydrogens (tertiary/aromatic N) is 1. The van der Waals surface area contributed by atoms with Crippen LogP contribution in [0.25, 0.3) is 0 Å². The number of rotatable bonds is 25. The second-order valence-electron chi connectivity index (χ2n) is 12.6. The van der Waals surface area contributed by atoms with Crippen molar-refractivity contribution < 1.29 is 19.6 Å². The number of nitro benzene ring substituents is 1. The first kappa shape index (κ1) is 46.1. The van der Waals surface area contributed by atoms with Crippen molar-refractivity contribution in [2.24, 2.45) is 0 Å². The van der Waals surface area contributed by atoms with Crippen LogP contribution in [0.15, 0.2) is 48.5 Å². The highest BCUT2D eigenvalue weighted by atomic mass is 16.6. The summed E-state index contributed by atoms with van der Waals surface area (Å²) in [7, 11) is 1.00. The van der Waals surface area contributed by atoms with Gasteiger partial charge in [0, 0.05) is 49.4 Å². The number of hydrogen-bond donors (Lipinski definition) is 6. The van der Waals surface area contributed by atoms with Gasteiger partial charge in [-0.3, -0.25) is 10.1 Å². The summed E-state index contributed by atoms with van der Waals surface area (Å²) in [5.74, 6) is 0. The minimum atomic E-state index is -0.463. The summed E-state index contributed by atoms with van der Waals surface area (Å²) in [4.78, 5) is 33.5. The number of anilines is 3. The van der Waals surface area contributed by atoms with Gasteiger partial charge in [0.1, 0.15) is 0 Å². The number of carbonyl (C=O) groups excluding carboxylic acids is 2. The van der Waals surface area contributed by atoms with Crippen LogP contribution >= 0.6 is 0 Å². The van der Waals surface area contributed by atoms with E-state index in [1.807, 2.05) is 0 Å². The zero-order valence-corrected chi connectivity index (χ0v) is 31.3. The Kier molecular flexibility index (Phi) is 31.0. The predicted molar refractivity (Wildman–Crippen MR) is 210 cm³/mol. The number of benzene rings is 2. The van der Waals surface area contributed by atoms with E-state index in [1.54, 1.807) is 24.3 Å². The van der Waals surface area contributed by atoms with Crippen LogP contribution in [0.1, 0.15) is 142 Å². The van der Waals surface area contributed by atoms with E-state index in [4.69, 9.17) is 10.8 Å². The fourth-order valence-electron chi connectivity index (χ4n) is 5.21. The van der Waals surface area contributed by atoms with Crippen LogP contribution < -0.4 is 27.0 Å². The Morgan fingerprint density at radius 3 is 1.18 bits per heavy atom. The molecule has 284 valence electrons. The topological polar surface area (TPSA) is 172 Å². The Balaban J connectivity index is 0.000000918. The van der Waals surface area contributed by atoms with Gasteiger partial charge in [0.25, 0.3) is 5.69 Å². The molecule has 0 fully saturated rings. The van der Waals surface area contributed by atoms with Crippen LogP contribution in [0.2, 0.25) is 0 Å². The highest BCUT2D eigenvalue weighted by Gasteiger charge is 2.06. The number of nitro groups is 1. The molecule has 0 radical (unpaired) electrons. The molecule has 2 aromatic carbocycles. The molecule has 0 spiro atoms. The van der Waals surface area contributed by atoms with E-state index in [-0.39, 0.29) is 17.7 Å². The molecule has 0 saturated heterocycles. The van der Waals surface area contributed by atoms with Gasteiger partial charge < -0.3 is 32.1 Å². The second-order valence-corrected chi connectivity index (χ2v) is 12.6. The molecule has 0 aliphatic heterocycles. The number of hydrogen-bond acceptors (Lipinski definition) is 6. The zero-order valence-electron chi connectivity index (χ0n) is 31.3. The maximum absolute atomic E-state index is 11.7. The molecule has 7 N–H and O–H groups in total. The summed E-state index contributed by atoms with van der Waals surface area (Å²) in [6.07, 6.45) is 25.7. The van der Waals surface area contributed by atoms with E-state index in [0.29, 0.717) is 17.9 Å². The summed E-state index contributed by atoms with van der Waals surface area (Å²) in [6.45, 7) is 5.87. The van der Waals surface area contributed by atoms with Gasteiger partial charge in [0.15, 0.2) is 0 Å². The first-order chi connectivity index (χ1) is 24.3. The Morgan fingerprint density at radius 2 is 0.860 bits per heavy atom. The molecule has 0 aromatic heterocycles. The lowest BCUT2D eigenvalue weighted by atomic mass is 10.1. The SMILES string of the molecule is CCCCCCCCCCCCNC(=O)Nc1ccc(N)cc1.CCCCCCCCCCCCNC(=O)Nc1ccc([N+](=O)[O-])cc1.CO. The van der Waals surface area contributed by atoms with E-state index in [1.165, 1.54) is 133 Å². The summed E-state index contributed by atoms with van der Waals surface area (Å²) >= 11 is 0. The van der Waals surface area contributed by atoms with Crippen LogP contribution in [-0.4, -0.2) is 42.3 Å². The number of unbranched alkanes of at least 4 members (excludes halogenated alkanes) is 18. The molecular formula is C39H68N6O5. The molecule has 0 aliphatic carbocycles. The number of nitrogens with two attached hydrogens (primary N) is 1. The Labute approximate surface area is 302 Å². The van der Waals surface area contributed by atoms with Crippen molar-refractivity contribution in [2.45, 2.75) is 142 Å². The quantitative estimate of drug-likeness (QED) is 0.0260. The van der Waals surface area contributed by atoms with E-state index in [9.17, 15) is 19.7 Å². The van der Waals surface area contributed by atoms with Gasteiger partial charge in [-0.2, -0.15) is 0 Å². The monoisotopic (exact) mass is 701 g/mol. The van der Waals surface area contributed by atoms with Crippen molar-refractivity contribution in [1.29, 1.82) is 0 Å². The lowest BCUT2D eigenvalue weighted by Gasteiger charge is -2.08. The molecule has 2 rings (SSSR count). The third-order valence-corrected chi connectivity index (χ3v) is 8.14. The lowest BCUT2D eigenvalue weighted by Crippen LogP contribution is -2.29. The van der Waals surface area contributed by atoms with Gasteiger partial charge in [0.2, 0.25) is 0 Å². The molecule has 11 nitrogen and oxygen atoms in total. The normalized spacial score (nSPS) is 10.2. The number of carbonyl (C=O) groups is 2. The van der Waals surface area contributed by atoms with Gasteiger partial charge in [-0.1, -0.05) is 129 Å². The van der Waals surface area contributed by atoms with Gasteiger partial charge in [0.05, 0.1) is 4.92 Å². The summed E-state index contributed by atoms with van der Waals surface area (Å²) in [5, 5.41) is 28.7. The van der Waals surface area contributed by atoms with Crippen LogP contribution in [-0.2, 0) is 0 Å². The Hall–Kier alpha value is -3.86. The second kappa shape index (κ2) is 33.6. The Bertz CT molecular complexity index is 1100. The number of aliphatic hydroxyl groups excluding tert-OH is 1. The molecule has 50 heavy (non-hydrogen) atoms. The van der Waals surface area contributed by atoms with Crippen molar-refractivity contribution in [2.75, 3.05) is 36.6 Å². The van der Waals surface area contributed by atoms with Crippen LogP contribution in [0.3, 0.4) is 0 Å². The van der Waals surface area contributed by atoms with E-state index >= 15 is 0 Å². The maximum Gasteiger partial charge on any atom is 0.319 e. The van der Waals surface area contributed by atoms with Crippen molar-refractivity contribution in [3.05, 3.63) is 58.6 Å². The summed E-state index contributed by atoms with van der Waals surface area (Å²) in [6, 6.07) is 12.5. The van der Waals surface area contributed by atoms with Crippen LogP contribution in [0, 0.1) is 10.1 Å². The average molecular weight is 701 g/mol. The lowest BCUT2D eigenvalue weighted by molar-refractivity contribution is -0.384. The zero-order chi connectivity index (χ0) is 37.1. The number of nitrogen functional groups attached to an aromatic ring is 1. The molecule has 11 heteroatoms. The van der Waals surface area contributed by atoms with Crippen molar-refractivity contribution in [3.63, 3.8) is 0 Å². The van der Waals surface area contributed by atoms with Crippen LogP contribution in [0.5, 0.6) is 0 Å². The molecule has 0 bridgehead atoms. The molecule has 0 atom stereocenters. The molecule has 0 heterocycles. The van der Waals surface area contributed by atoms with Crippen LogP contribution in [0.4, 0.5) is 32.3 Å². The first-order valence-corrected chi connectivity index (χ1v) is 19.0. The number of non-ortho nitro benzene ring substituents is 1. The van der Waals surface area contributed by atoms with Crippen molar-refractivity contribution in [1.82, 2.24) is 10.6 Å². The highest BCUT2D eigenvalue weighted by Crippen LogP contribution is 2.16. The third-order valence-electron chi connectivity index (χ3n) is 8.14. The van der Waals surface area contributed by atoms with Gasteiger partial charge >= 0.3 is 12.1 Å². The third kappa shape index (κ3) is 28.0. The number of aliphatic hydroxyl groups is 1. The first-order valence-electron chi connectivity index (χ1n) is 19.0. The standard InChI is InChI=1S/C19H31N3O3.C19H33N3O.CH4O/c1-2-3-4-5-6-7-8-9-10-11-16-20-19(23)21-17-12-14-18(15-13-17)22(24)25;1-2-3-4-5-6-7-8-9-10-11-16-21-19(23)22-18-14-12-17(20)13-15-18;1-2/h12-15H,2-11,16H2,1H3,(H2,20,21,23);12-15H,2-11,16,20H2,1H3,(H2,21,22,23);2H,1H3.